The molecule has 156 valence electrons. The third kappa shape index (κ3) is 3.71. The highest BCUT2D eigenvalue weighted by molar-refractivity contribution is 7.89. The number of aryl methyl sites for hydroxylation is 1. The standard InChI is InChI=1S/C20H19ClN4O4S/c1-14-12-19(17-6-3-7-18(25(26)27)20(17)22-14)23-8-10-24(11-9-23)30(28,29)16-5-2-4-15(21)13-16/h2-7,12-13H,8-11H2,1H3. The Morgan fingerprint density at radius 1 is 1.07 bits per heavy atom. The lowest BCUT2D eigenvalue weighted by molar-refractivity contribution is -0.383. The molecule has 0 radical (unpaired) electrons. The first-order valence-corrected chi connectivity index (χ1v) is 11.1. The molecule has 3 aromatic rings. The number of nitro benzene ring substituents is 1. The number of halogens is 1. The molecule has 1 aliphatic rings. The minimum absolute atomic E-state index is 0.0420. The molecule has 1 fully saturated rings. The smallest absolute Gasteiger partial charge is 0.295 e. The summed E-state index contributed by atoms with van der Waals surface area (Å²) < 4.78 is 27.3. The number of non-ortho nitro benzene ring substituents is 1. The van der Waals surface area contributed by atoms with Gasteiger partial charge in [0.05, 0.1) is 9.82 Å². The molecule has 10 heteroatoms. The van der Waals surface area contributed by atoms with Crippen molar-refractivity contribution >= 4 is 43.9 Å². The summed E-state index contributed by atoms with van der Waals surface area (Å²) in [4.78, 5) is 17.5. The van der Waals surface area contributed by atoms with E-state index in [1.54, 1.807) is 31.2 Å². The van der Waals surface area contributed by atoms with Crippen LogP contribution in [0.5, 0.6) is 0 Å². The predicted octanol–water partition coefficient (Wildman–Crippen LogP) is 3.62. The number of nitrogens with zero attached hydrogens (tertiary/aromatic N) is 4. The molecule has 0 atom stereocenters. The number of aromatic nitrogens is 1. The summed E-state index contributed by atoms with van der Waals surface area (Å²) in [6.45, 7) is 3.31. The fourth-order valence-electron chi connectivity index (χ4n) is 3.69. The molecule has 0 aliphatic carbocycles. The van der Waals surface area contributed by atoms with Crippen LogP contribution in [0, 0.1) is 17.0 Å². The van der Waals surface area contributed by atoms with Crippen LogP contribution in [0.4, 0.5) is 11.4 Å². The topological polar surface area (TPSA) is 96.7 Å². The summed E-state index contributed by atoms with van der Waals surface area (Å²) >= 11 is 5.95. The average Bonchev–Trinajstić information content (AvgIpc) is 2.72. The number of piperazine rings is 1. The van der Waals surface area contributed by atoms with Gasteiger partial charge in [0.15, 0.2) is 5.52 Å². The zero-order valence-corrected chi connectivity index (χ0v) is 17.7. The Bertz CT molecular complexity index is 1240. The first kappa shape index (κ1) is 20.5. The van der Waals surface area contributed by atoms with Gasteiger partial charge in [-0.15, -0.1) is 0 Å². The van der Waals surface area contributed by atoms with E-state index in [9.17, 15) is 18.5 Å². The van der Waals surface area contributed by atoms with E-state index in [2.05, 4.69) is 4.98 Å². The number of fused-ring (bicyclic) bond motifs is 1. The van der Waals surface area contributed by atoms with Crippen molar-refractivity contribution in [2.75, 3.05) is 31.1 Å². The highest BCUT2D eigenvalue weighted by Gasteiger charge is 2.29. The molecule has 1 saturated heterocycles. The molecule has 2 heterocycles. The maximum absolute atomic E-state index is 12.9. The van der Waals surface area contributed by atoms with Crippen LogP contribution >= 0.6 is 11.6 Å². The van der Waals surface area contributed by atoms with Crippen LogP contribution < -0.4 is 4.90 Å². The molecule has 4 rings (SSSR count). The van der Waals surface area contributed by atoms with Crippen molar-refractivity contribution in [3.63, 3.8) is 0 Å². The quantitative estimate of drug-likeness (QED) is 0.448. The number of nitro groups is 1. The van der Waals surface area contributed by atoms with Gasteiger partial charge in [-0.2, -0.15) is 4.31 Å². The predicted molar refractivity (Wildman–Crippen MR) is 116 cm³/mol. The van der Waals surface area contributed by atoms with Crippen molar-refractivity contribution in [3.05, 3.63) is 69.4 Å². The first-order chi connectivity index (χ1) is 14.3. The minimum Gasteiger partial charge on any atom is -0.368 e. The molecule has 0 N–H and O–H groups in total. The summed E-state index contributed by atoms with van der Waals surface area (Å²) in [6.07, 6.45) is 0. The van der Waals surface area contributed by atoms with Crippen molar-refractivity contribution in [2.24, 2.45) is 0 Å². The second-order valence-electron chi connectivity index (χ2n) is 7.06. The Morgan fingerprint density at radius 3 is 2.43 bits per heavy atom. The van der Waals surface area contributed by atoms with Gasteiger partial charge in [0, 0.05) is 54.0 Å². The Hall–Kier alpha value is -2.75. The normalized spacial score (nSPS) is 15.5. The summed E-state index contributed by atoms with van der Waals surface area (Å²) in [5.74, 6) is 0. The molecule has 2 aromatic carbocycles. The Morgan fingerprint density at radius 2 is 1.77 bits per heavy atom. The van der Waals surface area contributed by atoms with E-state index in [4.69, 9.17) is 11.6 Å². The van der Waals surface area contributed by atoms with Crippen molar-refractivity contribution in [2.45, 2.75) is 11.8 Å². The Balaban J connectivity index is 1.63. The fraction of sp³-hybridized carbons (Fsp3) is 0.250. The number of anilines is 1. The van der Waals surface area contributed by atoms with E-state index in [0.29, 0.717) is 47.8 Å². The minimum atomic E-state index is -3.64. The largest absolute Gasteiger partial charge is 0.368 e. The number of hydrogen-bond acceptors (Lipinski definition) is 6. The van der Waals surface area contributed by atoms with Crippen molar-refractivity contribution in [3.8, 4) is 0 Å². The lowest BCUT2D eigenvalue weighted by Gasteiger charge is -2.36. The van der Waals surface area contributed by atoms with E-state index in [-0.39, 0.29) is 10.6 Å². The summed E-state index contributed by atoms with van der Waals surface area (Å²) in [7, 11) is -3.64. The summed E-state index contributed by atoms with van der Waals surface area (Å²) in [5, 5.41) is 12.4. The Labute approximate surface area is 178 Å². The van der Waals surface area contributed by atoms with Gasteiger partial charge in [-0.25, -0.2) is 13.4 Å². The molecule has 30 heavy (non-hydrogen) atoms. The lowest BCUT2D eigenvalue weighted by Crippen LogP contribution is -2.48. The van der Waals surface area contributed by atoms with Gasteiger partial charge in [0.2, 0.25) is 10.0 Å². The monoisotopic (exact) mass is 446 g/mol. The SMILES string of the molecule is Cc1cc(N2CCN(S(=O)(=O)c3cccc(Cl)c3)CC2)c2cccc([N+](=O)[O-])c2n1. The molecule has 0 amide bonds. The summed E-state index contributed by atoms with van der Waals surface area (Å²) in [6, 6.07) is 13.0. The third-order valence-corrected chi connectivity index (χ3v) is 7.26. The number of para-hydroxylation sites is 1. The van der Waals surface area contributed by atoms with E-state index in [1.165, 1.54) is 22.5 Å². The van der Waals surface area contributed by atoms with Gasteiger partial charge in [-0.1, -0.05) is 29.8 Å². The van der Waals surface area contributed by atoms with Crippen molar-refractivity contribution < 1.29 is 13.3 Å². The van der Waals surface area contributed by atoms with Crippen LogP contribution in [0.25, 0.3) is 10.9 Å². The summed E-state index contributed by atoms with van der Waals surface area (Å²) in [5.41, 5.74) is 1.79. The third-order valence-electron chi connectivity index (χ3n) is 5.13. The zero-order valence-electron chi connectivity index (χ0n) is 16.2. The molecular formula is C20H19ClN4O4S. The second-order valence-corrected chi connectivity index (χ2v) is 9.44. The number of pyridine rings is 1. The molecular weight excluding hydrogens is 428 g/mol. The van der Waals surface area contributed by atoms with Crippen LogP contribution in [0.3, 0.4) is 0 Å². The van der Waals surface area contributed by atoms with E-state index in [1.807, 2.05) is 11.0 Å². The van der Waals surface area contributed by atoms with Crippen molar-refractivity contribution in [1.82, 2.24) is 9.29 Å². The van der Waals surface area contributed by atoms with Crippen LogP contribution in [0.2, 0.25) is 5.02 Å². The van der Waals surface area contributed by atoms with Gasteiger partial charge in [0.25, 0.3) is 5.69 Å². The molecule has 1 aromatic heterocycles. The lowest BCUT2D eigenvalue weighted by atomic mass is 10.1. The van der Waals surface area contributed by atoms with Crippen LogP contribution in [-0.4, -0.2) is 48.8 Å². The Kier molecular flexibility index (Phi) is 5.35. The van der Waals surface area contributed by atoms with Crippen LogP contribution in [-0.2, 0) is 10.0 Å². The molecule has 0 spiro atoms. The van der Waals surface area contributed by atoms with Crippen LogP contribution in [0.1, 0.15) is 5.69 Å². The van der Waals surface area contributed by atoms with Gasteiger partial charge in [0.1, 0.15) is 0 Å². The van der Waals surface area contributed by atoms with Gasteiger partial charge in [-0.05, 0) is 31.2 Å². The maximum Gasteiger partial charge on any atom is 0.295 e. The highest BCUT2D eigenvalue weighted by atomic mass is 35.5. The number of hydrogen-bond donors (Lipinski definition) is 0. The molecule has 1 aliphatic heterocycles. The first-order valence-electron chi connectivity index (χ1n) is 9.33. The van der Waals surface area contributed by atoms with Gasteiger partial charge >= 0.3 is 0 Å². The average molecular weight is 447 g/mol. The van der Waals surface area contributed by atoms with Gasteiger partial charge < -0.3 is 4.90 Å². The highest BCUT2D eigenvalue weighted by Crippen LogP contribution is 2.33. The number of sulfonamides is 1. The maximum atomic E-state index is 12.9. The zero-order chi connectivity index (χ0) is 21.5. The van der Waals surface area contributed by atoms with Crippen molar-refractivity contribution in [1.29, 1.82) is 0 Å². The molecule has 0 saturated carbocycles. The second kappa shape index (κ2) is 7.82. The molecule has 8 nitrogen and oxygen atoms in total. The van der Waals surface area contributed by atoms with E-state index < -0.39 is 14.9 Å². The fourth-order valence-corrected chi connectivity index (χ4v) is 5.42. The molecule has 0 bridgehead atoms. The van der Waals surface area contributed by atoms with Gasteiger partial charge in [-0.3, -0.25) is 10.1 Å². The van der Waals surface area contributed by atoms with E-state index >= 15 is 0 Å². The number of rotatable bonds is 4. The van der Waals surface area contributed by atoms with E-state index in [0.717, 1.165) is 5.69 Å². The number of benzene rings is 2. The molecule has 0 unspecified atom stereocenters. The van der Waals surface area contributed by atoms with Crippen LogP contribution in [0.15, 0.2) is 53.4 Å².